The third kappa shape index (κ3) is 6.67. The van der Waals surface area contributed by atoms with Crippen LogP contribution < -0.4 is 5.32 Å². The molecule has 208 valence electrons. The number of nitrogens with zero attached hydrogens (tertiary/aromatic N) is 3. The van der Waals surface area contributed by atoms with E-state index in [4.69, 9.17) is 16.7 Å². The van der Waals surface area contributed by atoms with Crippen molar-refractivity contribution in [2.75, 3.05) is 18.4 Å². The van der Waals surface area contributed by atoms with Crippen molar-refractivity contribution < 1.29 is 9.59 Å². The number of hydrogen-bond acceptors (Lipinski definition) is 3. The maximum absolute atomic E-state index is 13.8. The summed E-state index contributed by atoms with van der Waals surface area (Å²) in [6.07, 6.45) is 0.624. The summed E-state index contributed by atoms with van der Waals surface area (Å²) in [5.74, 6) is -0.0214. The van der Waals surface area contributed by atoms with Crippen LogP contribution in [0.2, 0.25) is 5.02 Å². The van der Waals surface area contributed by atoms with Gasteiger partial charge < -0.3 is 10.2 Å². The van der Waals surface area contributed by atoms with Gasteiger partial charge in [0.25, 0.3) is 5.91 Å². The average Bonchev–Trinajstić information content (AvgIpc) is 3.39. The Morgan fingerprint density at radius 1 is 0.854 bits per heavy atom. The van der Waals surface area contributed by atoms with Crippen molar-refractivity contribution in [3.8, 4) is 5.69 Å². The molecule has 5 rings (SSSR count). The zero-order valence-electron chi connectivity index (χ0n) is 23.5. The van der Waals surface area contributed by atoms with E-state index in [0.29, 0.717) is 35.1 Å². The minimum absolute atomic E-state index is 0.114. The summed E-state index contributed by atoms with van der Waals surface area (Å²) < 4.78 is 1.65. The van der Waals surface area contributed by atoms with E-state index < -0.39 is 0 Å². The fourth-order valence-corrected chi connectivity index (χ4v) is 4.88. The second kappa shape index (κ2) is 12.0. The fourth-order valence-electron chi connectivity index (χ4n) is 4.67. The van der Waals surface area contributed by atoms with Gasteiger partial charge >= 0.3 is 0 Å². The van der Waals surface area contributed by atoms with E-state index in [1.165, 1.54) is 0 Å². The van der Waals surface area contributed by atoms with Gasteiger partial charge in [-0.1, -0.05) is 105 Å². The van der Waals surface area contributed by atoms with Gasteiger partial charge in [-0.2, -0.15) is 5.10 Å². The van der Waals surface area contributed by atoms with E-state index in [1.54, 1.807) is 15.6 Å². The number of benzene rings is 4. The van der Waals surface area contributed by atoms with E-state index >= 15 is 0 Å². The lowest BCUT2D eigenvalue weighted by atomic mass is 9.92. The summed E-state index contributed by atoms with van der Waals surface area (Å²) >= 11 is 6.50. The Hall–Kier alpha value is -4.42. The normalized spacial score (nSPS) is 11.4. The summed E-state index contributed by atoms with van der Waals surface area (Å²) in [6, 6.07) is 32.7. The highest BCUT2D eigenvalue weighted by atomic mass is 35.5. The van der Waals surface area contributed by atoms with E-state index in [2.05, 4.69) is 26.1 Å². The molecule has 0 spiro atoms. The number of hydrogen-bond donors (Lipinski definition) is 1. The number of halogens is 1. The van der Waals surface area contributed by atoms with Crippen LogP contribution in [0.25, 0.3) is 16.5 Å². The van der Waals surface area contributed by atoms with E-state index in [-0.39, 0.29) is 23.8 Å². The number of para-hydroxylation sites is 1. The van der Waals surface area contributed by atoms with Crippen molar-refractivity contribution in [2.45, 2.75) is 32.6 Å². The zero-order chi connectivity index (χ0) is 29.0. The number of carbonyl (C=O) groups excluding carboxylic acids is 2. The van der Waals surface area contributed by atoms with E-state index in [9.17, 15) is 9.59 Å². The van der Waals surface area contributed by atoms with Crippen LogP contribution in [0.4, 0.5) is 5.82 Å². The third-order valence-corrected chi connectivity index (χ3v) is 7.28. The maximum atomic E-state index is 13.8. The highest BCUT2D eigenvalue weighted by molar-refractivity contribution is 6.32. The molecule has 0 aliphatic rings. The number of fused-ring (bicyclic) bond motifs is 1. The summed E-state index contributed by atoms with van der Waals surface area (Å²) in [7, 11) is 0. The Morgan fingerprint density at radius 2 is 1.54 bits per heavy atom. The van der Waals surface area contributed by atoms with Gasteiger partial charge in [-0.15, -0.1) is 0 Å². The molecule has 0 atom stereocenters. The highest BCUT2D eigenvalue weighted by Crippen LogP contribution is 2.29. The molecule has 0 unspecified atom stereocenters. The summed E-state index contributed by atoms with van der Waals surface area (Å²) in [5, 5.41) is 10.3. The van der Waals surface area contributed by atoms with Gasteiger partial charge in [0.05, 0.1) is 16.4 Å². The van der Waals surface area contributed by atoms with Crippen molar-refractivity contribution in [3.05, 3.63) is 125 Å². The standard InChI is InChI=1S/C34H33ClN4O2/c1-34(2,3)30-22-31(39(37-30)29-16-10-9-15-28(29)35)36-32(40)23-38(20-19-24-11-5-4-6-12-24)33(41)27-18-17-25-13-7-8-14-26(25)21-27/h4-18,21-22H,19-20,23H2,1-3H3,(H,36,40). The fraction of sp³-hybridized carbons (Fsp3) is 0.206. The lowest BCUT2D eigenvalue weighted by molar-refractivity contribution is -0.116. The van der Waals surface area contributed by atoms with Gasteiger partial charge in [0.15, 0.2) is 0 Å². The molecule has 0 bridgehead atoms. The van der Waals surface area contributed by atoms with Gasteiger partial charge in [0, 0.05) is 23.6 Å². The first kappa shape index (κ1) is 28.1. The molecular formula is C34H33ClN4O2. The van der Waals surface area contributed by atoms with Gasteiger partial charge in [-0.25, -0.2) is 4.68 Å². The van der Waals surface area contributed by atoms with Gasteiger partial charge in [-0.05, 0) is 47.0 Å². The molecule has 2 amide bonds. The molecule has 1 heterocycles. The third-order valence-electron chi connectivity index (χ3n) is 6.96. The molecular weight excluding hydrogens is 532 g/mol. The van der Waals surface area contributed by atoms with E-state index in [0.717, 1.165) is 22.0 Å². The van der Waals surface area contributed by atoms with Crippen molar-refractivity contribution in [2.24, 2.45) is 0 Å². The largest absolute Gasteiger partial charge is 0.329 e. The molecule has 1 aromatic heterocycles. The van der Waals surface area contributed by atoms with Crippen molar-refractivity contribution >= 4 is 40.0 Å². The smallest absolute Gasteiger partial charge is 0.254 e. The molecule has 5 aromatic rings. The molecule has 0 saturated carbocycles. The Labute approximate surface area is 245 Å². The number of aromatic nitrogens is 2. The minimum atomic E-state index is -0.319. The molecule has 4 aromatic carbocycles. The molecule has 1 N–H and O–H groups in total. The minimum Gasteiger partial charge on any atom is -0.329 e. The van der Waals surface area contributed by atoms with Crippen LogP contribution in [-0.4, -0.2) is 39.6 Å². The molecule has 41 heavy (non-hydrogen) atoms. The van der Waals surface area contributed by atoms with Crippen LogP contribution in [-0.2, 0) is 16.6 Å². The molecule has 0 radical (unpaired) electrons. The highest BCUT2D eigenvalue weighted by Gasteiger charge is 2.24. The number of carbonyl (C=O) groups is 2. The molecule has 0 saturated heterocycles. The second-order valence-electron chi connectivity index (χ2n) is 11.1. The van der Waals surface area contributed by atoms with Crippen molar-refractivity contribution in [1.82, 2.24) is 14.7 Å². The van der Waals surface area contributed by atoms with Crippen LogP contribution >= 0.6 is 11.6 Å². The quantitative estimate of drug-likeness (QED) is 0.215. The van der Waals surface area contributed by atoms with Crippen molar-refractivity contribution in [1.29, 1.82) is 0 Å². The van der Waals surface area contributed by atoms with Gasteiger partial charge in [0.1, 0.15) is 12.4 Å². The molecule has 0 aliphatic carbocycles. The topological polar surface area (TPSA) is 67.2 Å². The molecule has 6 nitrogen and oxygen atoms in total. The molecule has 0 fully saturated rings. The number of anilines is 1. The summed E-state index contributed by atoms with van der Waals surface area (Å²) in [4.78, 5) is 28.9. The first-order valence-electron chi connectivity index (χ1n) is 13.7. The second-order valence-corrected chi connectivity index (χ2v) is 11.5. The van der Waals surface area contributed by atoms with E-state index in [1.807, 2.05) is 97.1 Å². The first-order chi connectivity index (χ1) is 19.7. The predicted octanol–water partition coefficient (Wildman–Crippen LogP) is 7.30. The van der Waals surface area contributed by atoms with Crippen molar-refractivity contribution in [3.63, 3.8) is 0 Å². The van der Waals surface area contributed by atoms with Gasteiger partial charge in [-0.3, -0.25) is 9.59 Å². The number of amides is 2. The summed E-state index contributed by atoms with van der Waals surface area (Å²) in [6.45, 7) is 6.46. The number of nitrogens with one attached hydrogen (secondary N) is 1. The maximum Gasteiger partial charge on any atom is 0.254 e. The Kier molecular flexibility index (Phi) is 8.22. The van der Waals surface area contributed by atoms with Crippen LogP contribution in [0.3, 0.4) is 0 Å². The SMILES string of the molecule is CC(C)(C)c1cc(NC(=O)CN(CCc2ccccc2)C(=O)c2ccc3ccccc3c2)n(-c2ccccc2Cl)n1. The monoisotopic (exact) mass is 564 g/mol. The predicted molar refractivity (Wildman–Crippen MR) is 166 cm³/mol. The summed E-state index contributed by atoms with van der Waals surface area (Å²) in [5.41, 5.74) is 2.85. The van der Waals surface area contributed by atoms with Crippen LogP contribution in [0.1, 0.15) is 42.4 Å². The lowest BCUT2D eigenvalue weighted by Crippen LogP contribution is -2.39. The molecule has 7 heteroatoms. The first-order valence-corrected chi connectivity index (χ1v) is 14.0. The Morgan fingerprint density at radius 3 is 2.27 bits per heavy atom. The van der Waals surface area contributed by atoms with Gasteiger partial charge in [0.2, 0.25) is 5.91 Å². The zero-order valence-corrected chi connectivity index (χ0v) is 24.2. The van der Waals surface area contributed by atoms with Crippen LogP contribution in [0.15, 0.2) is 103 Å². The van der Waals surface area contributed by atoms with Crippen LogP contribution in [0, 0.1) is 0 Å². The molecule has 0 aliphatic heterocycles. The lowest BCUT2D eigenvalue weighted by Gasteiger charge is -2.23. The number of rotatable bonds is 8. The van der Waals surface area contributed by atoms with Crippen LogP contribution in [0.5, 0.6) is 0 Å². The Balaban J connectivity index is 1.42. The Bertz CT molecular complexity index is 1690. The average molecular weight is 565 g/mol.